The van der Waals surface area contributed by atoms with Crippen LogP contribution in [0.1, 0.15) is 36.6 Å². The van der Waals surface area contributed by atoms with Gasteiger partial charge < -0.3 is 9.64 Å². The molecule has 1 atom stereocenters. The van der Waals surface area contributed by atoms with Crippen LogP contribution in [0.3, 0.4) is 0 Å². The van der Waals surface area contributed by atoms with E-state index in [1.54, 1.807) is 7.11 Å². The molecule has 2 aromatic rings. The van der Waals surface area contributed by atoms with Crippen LogP contribution in [0.15, 0.2) is 29.1 Å². The molecule has 0 spiro atoms. The molecule has 0 bridgehead atoms. The van der Waals surface area contributed by atoms with Crippen molar-refractivity contribution in [3.8, 4) is 5.75 Å². The van der Waals surface area contributed by atoms with Gasteiger partial charge in [0.25, 0.3) is 5.56 Å². The molecule has 6 nitrogen and oxygen atoms in total. The number of hydrogen-bond acceptors (Lipinski definition) is 5. The fourth-order valence-electron chi connectivity index (χ4n) is 4.22. The van der Waals surface area contributed by atoms with Gasteiger partial charge >= 0.3 is 0 Å². The summed E-state index contributed by atoms with van der Waals surface area (Å²) in [6.07, 6.45) is 3.14. The van der Waals surface area contributed by atoms with E-state index in [2.05, 4.69) is 27.8 Å². The van der Waals surface area contributed by atoms with E-state index in [4.69, 9.17) is 9.72 Å². The highest BCUT2D eigenvalue weighted by molar-refractivity contribution is 5.36. The molecule has 6 heteroatoms. The van der Waals surface area contributed by atoms with Crippen LogP contribution >= 0.6 is 0 Å². The van der Waals surface area contributed by atoms with Gasteiger partial charge in [0.1, 0.15) is 5.75 Å². The Morgan fingerprint density at radius 1 is 1.30 bits per heavy atom. The van der Waals surface area contributed by atoms with Crippen LogP contribution in [0.25, 0.3) is 0 Å². The lowest BCUT2D eigenvalue weighted by atomic mass is 10.0. The molecule has 3 heterocycles. The second-order valence-electron chi connectivity index (χ2n) is 7.78. The summed E-state index contributed by atoms with van der Waals surface area (Å²) in [5, 5.41) is 0. The van der Waals surface area contributed by atoms with Gasteiger partial charge in [-0.25, -0.2) is 4.98 Å². The van der Waals surface area contributed by atoms with Crippen LogP contribution < -0.4 is 15.2 Å². The fraction of sp³-hybridized carbons (Fsp3) is 0.524. The zero-order valence-corrected chi connectivity index (χ0v) is 16.2. The molecule has 27 heavy (non-hydrogen) atoms. The van der Waals surface area contributed by atoms with Gasteiger partial charge in [0.05, 0.1) is 12.8 Å². The van der Waals surface area contributed by atoms with Crippen molar-refractivity contribution in [2.45, 2.75) is 39.3 Å². The minimum atomic E-state index is 0.0326. The number of nitrogens with one attached hydrogen (secondary N) is 1. The zero-order valence-electron chi connectivity index (χ0n) is 16.2. The van der Waals surface area contributed by atoms with Crippen molar-refractivity contribution in [2.24, 2.45) is 5.92 Å². The number of para-hydroxylation sites is 1. The van der Waals surface area contributed by atoms with Crippen molar-refractivity contribution in [1.29, 1.82) is 0 Å². The Hall–Kier alpha value is -2.34. The van der Waals surface area contributed by atoms with E-state index in [-0.39, 0.29) is 5.56 Å². The van der Waals surface area contributed by atoms with Crippen LogP contribution in [0.2, 0.25) is 0 Å². The molecule has 1 unspecified atom stereocenters. The topological polar surface area (TPSA) is 61.5 Å². The summed E-state index contributed by atoms with van der Waals surface area (Å²) >= 11 is 0. The molecule has 1 fully saturated rings. The van der Waals surface area contributed by atoms with Crippen LogP contribution in [0, 0.1) is 5.92 Å². The highest BCUT2D eigenvalue weighted by atomic mass is 16.5. The molecule has 0 aliphatic carbocycles. The summed E-state index contributed by atoms with van der Waals surface area (Å²) in [6, 6.07) is 8.11. The van der Waals surface area contributed by atoms with Crippen LogP contribution in [-0.2, 0) is 19.5 Å². The van der Waals surface area contributed by atoms with Crippen molar-refractivity contribution in [3.05, 3.63) is 51.4 Å². The Kier molecular flexibility index (Phi) is 5.16. The molecule has 1 aromatic carbocycles. The van der Waals surface area contributed by atoms with Gasteiger partial charge in [0, 0.05) is 43.9 Å². The number of methoxy groups -OCH3 is 1. The number of H-pyrrole nitrogens is 1. The SMILES string of the molecule is COc1ccccc1CN1CCc2c(nc(N3CCCC(C)C3)[nH]c2=O)C1. The van der Waals surface area contributed by atoms with Gasteiger partial charge in [-0.1, -0.05) is 25.1 Å². The number of benzene rings is 1. The largest absolute Gasteiger partial charge is 0.496 e. The minimum absolute atomic E-state index is 0.0326. The van der Waals surface area contributed by atoms with E-state index in [0.717, 1.165) is 62.0 Å². The second kappa shape index (κ2) is 7.72. The first-order chi connectivity index (χ1) is 13.1. The molecule has 0 amide bonds. The van der Waals surface area contributed by atoms with Crippen molar-refractivity contribution in [3.63, 3.8) is 0 Å². The van der Waals surface area contributed by atoms with E-state index in [0.29, 0.717) is 12.5 Å². The predicted octanol–water partition coefficient (Wildman–Crippen LogP) is 2.57. The van der Waals surface area contributed by atoms with Gasteiger partial charge in [-0.3, -0.25) is 14.7 Å². The first-order valence-electron chi connectivity index (χ1n) is 9.85. The Balaban J connectivity index is 1.55. The highest BCUT2D eigenvalue weighted by Gasteiger charge is 2.24. The molecule has 1 aromatic heterocycles. The Morgan fingerprint density at radius 3 is 2.96 bits per heavy atom. The maximum Gasteiger partial charge on any atom is 0.255 e. The molecule has 0 radical (unpaired) electrons. The number of rotatable bonds is 4. The van der Waals surface area contributed by atoms with E-state index < -0.39 is 0 Å². The van der Waals surface area contributed by atoms with Crippen molar-refractivity contribution < 1.29 is 4.74 Å². The summed E-state index contributed by atoms with van der Waals surface area (Å²) in [5.41, 5.74) is 2.97. The molecular weight excluding hydrogens is 340 g/mol. The Bertz CT molecular complexity index is 864. The third-order valence-corrected chi connectivity index (χ3v) is 5.68. The second-order valence-corrected chi connectivity index (χ2v) is 7.78. The monoisotopic (exact) mass is 368 g/mol. The van der Waals surface area contributed by atoms with Crippen LogP contribution in [-0.4, -0.2) is 41.6 Å². The summed E-state index contributed by atoms with van der Waals surface area (Å²) in [5.74, 6) is 2.29. The third-order valence-electron chi connectivity index (χ3n) is 5.68. The number of fused-ring (bicyclic) bond motifs is 1. The molecular formula is C21H28N4O2. The molecule has 1 saturated heterocycles. The average Bonchev–Trinajstić information content (AvgIpc) is 2.68. The number of hydrogen-bond donors (Lipinski definition) is 1. The number of aromatic amines is 1. The summed E-state index contributed by atoms with van der Waals surface area (Å²) in [6.45, 7) is 6.55. The van der Waals surface area contributed by atoms with Gasteiger partial charge in [0.15, 0.2) is 0 Å². The number of piperidine rings is 1. The van der Waals surface area contributed by atoms with Gasteiger partial charge in [-0.15, -0.1) is 0 Å². The zero-order chi connectivity index (χ0) is 18.8. The number of ether oxygens (including phenoxy) is 1. The van der Waals surface area contributed by atoms with E-state index in [1.165, 1.54) is 12.0 Å². The van der Waals surface area contributed by atoms with Crippen molar-refractivity contribution in [1.82, 2.24) is 14.9 Å². The number of nitrogens with zero attached hydrogens (tertiary/aromatic N) is 3. The highest BCUT2D eigenvalue weighted by Crippen LogP contribution is 2.24. The lowest BCUT2D eigenvalue weighted by Gasteiger charge is -2.33. The average molecular weight is 368 g/mol. The first kappa shape index (κ1) is 18.0. The summed E-state index contributed by atoms with van der Waals surface area (Å²) in [7, 11) is 1.71. The maximum atomic E-state index is 12.6. The van der Waals surface area contributed by atoms with E-state index in [1.807, 2.05) is 18.2 Å². The lowest BCUT2D eigenvalue weighted by molar-refractivity contribution is 0.237. The molecule has 4 rings (SSSR count). The predicted molar refractivity (Wildman–Crippen MR) is 106 cm³/mol. The van der Waals surface area contributed by atoms with Crippen LogP contribution in [0.4, 0.5) is 5.95 Å². The standard InChI is InChI=1S/C21H28N4O2/c1-15-6-5-10-25(12-15)21-22-18-14-24(11-9-17(18)20(26)23-21)13-16-7-3-4-8-19(16)27-2/h3-4,7-8,15H,5-6,9-14H2,1-2H3,(H,22,23,26). The van der Waals surface area contributed by atoms with Crippen LogP contribution in [0.5, 0.6) is 5.75 Å². The smallest absolute Gasteiger partial charge is 0.255 e. The first-order valence-corrected chi connectivity index (χ1v) is 9.85. The minimum Gasteiger partial charge on any atom is -0.496 e. The Labute approximate surface area is 160 Å². The van der Waals surface area contributed by atoms with E-state index >= 15 is 0 Å². The van der Waals surface area contributed by atoms with Crippen molar-refractivity contribution >= 4 is 5.95 Å². The molecule has 2 aliphatic heterocycles. The number of aromatic nitrogens is 2. The molecule has 144 valence electrons. The third kappa shape index (κ3) is 3.86. The number of anilines is 1. The lowest BCUT2D eigenvalue weighted by Crippen LogP contribution is -2.39. The molecule has 0 saturated carbocycles. The molecule has 2 aliphatic rings. The summed E-state index contributed by atoms with van der Waals surface area (Å²) < 4.78 is 5.48. The molecule has 1 N–H and O–H groups in total. The van der Waals surface area contributed by atoms with Gasteiger partial charge in [-0.05, 0) is 31.2 Å². The Morgan fingerprint density at radius 2 is 2.15 bits per heavy atom. The van der Waals surface area contributed by atoms with Crippen molar-refractivity contribution in [2.75, 3.05) is 31.6 Å². The normalized spacial score (nSPS) is 20.4. The van der Waals surface area contributed by atoms with Gasteiger partial charge in [0.2, 0.25) is 5.95 Å². The van der Waals surface area contributed by atoms with E-state index in [9.17, 15) is 4.79 Å². The van der Waals surface area contributed by atoms with Gasteiger partial charge in [-0.2, -0.15) is 0 Å². The quantitative estimate of drug-likeness (QED) is 0.899. The summed E-state index contributed by atoms with van der Waals surface area (Å²) in [4.78, 5) is 25.1. The maximum absolute atomic E-state index is 12.6. The fourth-order valence-corrected chi connectivity index (χ4v) is 4.22.